The Morgan fingerprint density at radius 2 is 1.89 bits per heavy atom. The van der Waals surface area contributed by atoms with Crippen LogP contribution in [0, 0.1) is 5.92 Å². The first-order chi connectivity index (χ1) is 12.7. The maximum absolute atomic E-state index is 12.9. The molecule has 4 amide bonds. The van der Waals surface area contributed by atoms with Crippen LogP contribution in [-0.2, 0) is 14.3 Å². The van der Waals surface area contributed by atoms with E-state index in [1.807, 2.05) is 22.8 Å². The van der Waals surface area contributed by atoms with Gasteiger partial charge in [-0.2, -0.15) is 0 Å². The monoisotopic (exact) mass is 409 g/mol. The SMILES string of the molecule is CC(=O)Nc1scc(-c2cccs2)c1C(=O)O[C@@H](C(=O)NC(N)=O)C(C)C. The predicted octanol–water partition coefficient (Wildman–Crippen LogP) is 2.81. The number of thiophene rings is 2. The van der Waals surface area contributed by atoms with Gasteiger partial charge in [0.05, 0.1) is 0 Å². The van der Waals surface area contributed by atoms with Crippen LogP contribution in [0.1, 0.15) is 31.1 Å². The third kappa shape index (κ3) is 5.14. The predicted molar refractivity (Wildman–Crippen MR) is 104 cm³/mol. The van der Waals surface area contributed by atoms with Crippen LogP contribution in [0.25, 0.3) is 10.4 Å². The molecule has 2 aromatic heterocycles. The standard InChI is InChI=1S/C17H19N3O5S2/c1-8(2)13(14(22)20-17(18)24)25-16(23)12-10(11-5-4-6-26-11)7-27-15(12)19-9(3)21/h4-8,13H,1-3H3,(H,19,21)(H3,18,20,22,24)/t13-/m1/s1. The van der Waals surface area contributed by atoms with Gasteiger partial charge in [-0.15, -0.1) is 22.7 Å². The van der Waals surface area contributed by atoms with E-state index in [-0.39, 0.29) is 11.5 Å². The van der Waals surface area contributed by atoms with Gasteiger partial charge >= 0.3 is 12.0 Å². The van der Waals surface area contributed by atoms with Gasteiger partial charge in [0.15, 0.2) is 6.10 Å². The van der Waals surface area contributed by atoms with Gasteiger partial charge in [0.1, 0.15) is 10.6 Å². The zero-order chi connectivity index (χ0) is 20.1. The largest absolute Gasteiger partial charge is 0.448 e. The summed E-state index contributed by atoms with van der Waals surface area (Å²) in [6.07, 6.45) is -1.22. The van der Waals surface area contributed by atoms with Crippen LogP contribution in [0.5, 0.6) is 0 Å². The van der Waals surface area contributed by atoms with Crippen LogP contribution < -0.4 is 16.4 Å². The molecule has 0 aromatic carbocycles. The highest BCUT2D eigenvalue weighted by Gasteiger charge is 2.31. The highest BCUT2D eigenvalue weighted by atomic mass is 32.1. The molecule has 144 valence electrons. The van der Waals surface area contributed by atoms with Crippen LogP contribution in [0.2, 0.25) is 0 Å². The summed E-state index contributed by atoms with van der Waals surface area (Å²) in [7, 11) is 0. The van der Waals surface area contributed by atoms with Gasteiger partial charge in [-0.25, -0.2) is 9.59 Å². The van der Waals surface area contributed by atoms with Crippen molar-refractivity contribution in [2.24, 2.45) is 11.7 Å². The first-order valence-corrected chi connectivity index (χ1v) is 9.70. The molecule has 0 aliphatic rings. The maximum Gasteiger partial charge on any atom is 0.342 e. The lowest BCUT2D eigenvalue weighted by atomic mass is 10.1. The number of carbonyl (C=O) groups is 4. The zero-order valence-corrected chi connectivity index (χ0v) is 16.5. The second-order valence-corrected chi connectivity index (χ2v) is 7.76. The van der Waals surface area contributed by atoms with Gasteiger partial charge in [-0.3, -0.25) is 14.9 Å². The summed E-state index contributed by atoms with van der Waals surface area (Å²) < 4.78 is 5.38. The summed E-state index contributed by atoms with van der Waals surface area (Å²) in [5.41, 5.74) is 5.73. The molecule has 0 saturated carbocycles. The van der Waals surface area contributed by atoms with E-state index in [0.29, 0.717) is 10.6 Å². The molecule has 0 unspecified atom stereocenters. The molecule has 2 aromatic rings. The van der Waals surface area contributed by atoms with Gasteiger partial charge in [0.2, 0.25) is 5.91 Å². The molecule has 2 heterocycles. The number of ether oxygens (including phenoxy) is 1. The van der Waals surface area contributed by atoms with Gasteiger partial charge in [0.25, 0.3) is 5.91 Å². The topological polar surface area (TPSA) is 128 Å². The first kappa shape index (κ1) is 20.6. The lowest BCUT2D eigenvalue weighted by Gasteiger charge is -2.20. The molecule has 2 rings (SSSR count). The van der Waals surface area contributed by atoms with Crippen molar-refractivity contribution in [1.29, 1.82) is 0 Å². The van der Waals surface area contributed by atoms with E-state index in [1.54, 1.807) is 19.2 Å². The number of nitrogens with two attached hydrogens (primary N) is 1. The van der Waals surface area contributed by atoms with Crippen molar-refractivity contribution in [2.45, 2.75) is 26.9 Å². The summed E-state index contributed by atoms with van der Waals surface area (Å²) in [5, 5.41) is 8.45. The van der Waals surface area contributed by atoms with E-state index in [4.69, 9.17) is 10.5 Å². The Bertz CT molecular complexity index is 858. The van der Waals surface area contributed by atoms with Crippen molar-refractivity contribution in [2.75, 3.05) is 5.32 Å². The fourth-order valence-corrected chi connectivity index (χ4v) is 4.10. The van der Waals surface area contributed by atoms with E-state index >= 15 is 0 Å². The molecular weight excluding hydrogens is 390 g/mol. The molecule has 1 atom stereocenters. The summed E-state index contributed by atoms with van der Waals surface area (Å²) >= 11 is 2.61. The molecular formula is C17H19N3O5S2. The third-order valence-corrected chi connectivity index (χ3v) is 5.21. The minimum atomic E-state index is -1.22. The van der Waals surface area contributed by atoms with Crippen molar-refractivity contribution < 1.29 is 23.9 Å². The molecule has 4 N–H and O–H groups in total. The van der Waals surface area contributed by atoms with Gasteiger partial charge in [-0.1, -0.05) is 19.9 Å². The normalized spacial score (nSPS) is 11.7. The van der Waals surface area contributed by atoms with Crippen molar-refractivity contribution in [1.82, 2.24) is 5.32 Å². The van der Waals surface area contributed by atoms with E-state index in [9.17, 15) is 19.2 Å². The molecule has 0 aliphatic carbocycles. The van der Waals surface area contributed by atoms with Crippen molar-refractivity contribution in [3.8, 4) is 10.4 Å². The Labute approximate surface area is 163 Å². The van der Waals surface area contributed by atoms with E-state index in [2.05, 4.69) is 5.32 Å². The Hall–Kier alpha value is -2.72. The average molecular weight is 409 g/mol. The number of hydrogen-bond donors (Lipinski definition) is 3. The average Bonchev–Trinajstić information content (AvgIpc) is 3.19. The summed E-state index contributed by atoms with van der Waals surface area (Å²) in [6.45, 7) is 4.67. The fourth-order valence-electron chi connectivity index (χ4n) is 2.28. The third-order valence-electron chi connectivity index (χ3n) is 3.42. The number of imide groups is 1. The second kappa shape index (κ2) is 8.78. The Balaban J connectivity index is 2.38. The quantitative estimate of drug-likeness (QED) is 0.632. The fraction of sp³-hybridized carbons (Fsp3) is 0.294. The van der Waals surface area contributed by atoms with E-state index < -0.39 is 29.9 Å². The smallest absolute Gasteiger partial charge is 0.342 e. The minimum absolute atomic E-state index is 0.162. The molecule has 0 spiro atoms. The first-order valence-electron chi connectivity index (χ1n) is 7.95. The molecule has 0 radical (unpaired) electrons. The summed E-state index contributed by atoms with van der Waals surface area (Å²) in [6, 6.07) is 2.64. The number of esters is 1. The lowest BCUT2D eigenvalue weighted by molar-refractivity contribution is -0.130. The van der Waals surface area contributed by atoms with Crippen LogP contribution in [-0.4, -0.2) is 29.9 Å². The highest BCUT2D eigenvalue weighted by Crippen LogP contribution is 2.38. The van der Waals surface area contributed by atoms with E-state index in [0.717, 1.165) is 4.88 Å². The number of nitrogens with one attached hydrogen (secondary N) is 2. The van der Waals surface area contributed by atoms with Gasteiger partial charge < -0.3 is 15.8 Å². The van der Waals surface area contributed by atoms with Crippen molar-refractivity contribution >= 4 is 51.5 Å². The molecule has 8 nitrogen and oxygen atoms in total. The van der Waals surface area contributed by atoms with Crippen LogP contribution in [0.4, 0.5) is 9.80 Å². The number of rotatable bonds is 6. The Kier molecular flexibility index (Phi) is 6.70. The number of hydrogen-bond acceptors (Lipinski definition) is 7. The van der Waals surface area contributed by atoms with Crippen molar-refractivity contribution in [3.05, 3.63) is 28.5 Å². The molecule has 0 fully saturated rings. The number of anilines is 1. The number of primary amides is 1. The lowest BCUT2D eigenvalue weighted by Crippen LogP contribution is -2.45. The van der Waals surface area contributed by atoms with Gasteiger partial charge in [-0.05, 0) is 17.4 Å². The Morgan fingerprint density at radius 1 is 1.19 bits per heavy atom. The molecule has 0 aliphatic heterocycles. The Morgan fingerprint density at radius 3 is 2.41 bits per heavy atom. The summed E-state index contributed by atoms with van der Waals surface area (Å²) in [4.78, 5) is 48.2. The van der Waals surface area contributed by atoms with Crippen LogP contribution in [0.3, 0.4) is 0 Å². The molecule has 0 saturated heterocycles. The number of amides is 4. The van der Waals surface area contributed by atoms with Gasteiger partial charge in [0, 0.05) is 22.7 Å². The number of urea groups is 1. The van der Waals surface area contributed by atoms with Crippen LogP contribution in [0.15, 0.2) is 22.9 Å². The maximum atomic E-state index is 12.9. The molecule has 0 bridgehead atoms. The van der Waals surface area contributed by atoms with E-state index in [1.165, 1.54) is 29.6 Å². The summed E-state index contributed by atoms with van der Waals surface area (Å²) in [5.74, 6) is -2.32. The second-order valence-electron chi connectivity index (χ2n) is 5.94. The highest BCUT2D eigenvalue weighted by molar-refractivity contribution is 7.17. The molecule has 27 heavy (non-hydrogen) atoms. The minimum Gasteiger partial charge on any atom is -0.448 e. The van der Waals surface area contributed by atoms with Crippen molar-refractivity contribution in [3.63, 3.8) is 0 Å². The van der Waals surface area contributed by atoms with Crippen LogP contribution >= 0.6 is 22.7 Å². The molecule has 10 heteroatoms. The zero-order valence-electron chi connectivity index (χ0n) is 14.9. The number of carbonyl (C=O) groups excluding carboxylic acids is 4.